The lowest BCUT2D eigenvalue weighted by molar-refractivity contribution is 0.874. The van der Waals surface area contributed by atoms with E-state index >= 15 is 0 Å². The SMILES string of the molecule is Cc1ncsc1CN(C)c1nc2c(cc1C(=N)N)CCC2. The second-order valence-corrected chi connectivity index (χ2v) is 6.39. The van der Waals surface area contributed by atoms with Crippen LogP contribution in [0.1, 0.15) is 33.8 Å². The number of anilines is 1. The minimum Gasteiger partial charge on any atom is -0.384 e. The van der Waals surface area contributed by atoms with E-state index in [1.165, 1.54) is 10.4 Å². The van der Waals surface area contributed by atoms with Crippen molar-refractivity contribution in [2.75, 3.05) is 11.9 Å². The van der Waals surface area contributed by atoms with Crippen molar-refractivity contribution in [2.24, 2.45) is 5.73 Å². The smallest absolute Gasteiger partial charge is 0.139 e. The second-order valence-electron chi connectivity index (χ2n) is 5.45. The zero-order chi connectivity index (χ0) is 15.0. The summed E-state index contributed by atoms with van der Waals surface area (Å²) in [5.41, 5.74) is 11.8. The number of pyridine rings is 1. The Hall–Kier alpha value is -1.95. The number of amidine groups is 1. The molecular formula is C15H19N5S. The molecule has 6 heteroatoms. The van der Waals surface area contributed by atoms with Gasteiger partial charge in [-0.05, 0) is 37.8 Å². The van der Waals surface area contributed by atoms with E-state index in [1.807, 2.05) is 25.5 Å². The number of aryl methyl sites for hydroxylation is 3. The van der Waals surface area contributed by atoms with Crippen LogP contribution in [0.5, 0.6) is 0 Å². The summed E-state index contributed by atoms with van der Waals surface area (Å²) in [5, 5.41) is 7.83. The molecule has 2 heterocycles. The molecule has 1 aliphatic rings. The highest BCUT2D eigenvalue weighted by Crippen LogP contribution is 2.28. The third-order valence-corrected chi connectivity index (χ3v) is 4.83. The molecule has 0 fully saturated rings. The minimum absolute atomic E-state index is 0.0834. The summed E-state index contributed by atoms with van der Waals surface area (Å²) < 4.78 is 0. The molecule has 5 nitrogen and oxygen atoms in total. The highest BCUT2D eigenvalue weighted by Gasteiger charge is 2.20. The summed E-state index contributed by atoms with van der Waals surface area (Å²) in [6, 6.07) is 2.04. The Morgan fingerprint density at radius 2 is 2.29 bits per heavy atom. The largest absolute Gasteiger partial charge is 0.384 e. The maximum absolute atomic E-state index is 7.83. The summed E-state index contributed by atoms with van der Waals surface area (Å²) in [7, 11) is 2.00. The predicted molar refractivity (Wildman–Crippen MR) is 86.2 cm³/mol. The highest BCUT2D eigenvalue weighted by molar-refractivity contribution is 7.09. The van der Waals surface area contributed by atoms with Crippen LogP contribution in [0.25, 0.3) is 0 Å². The highest BCUT2D eigenvalue weighted by atomic mass is 32.1. The summed E-state index contributed by atoms with van der Waals surface area (Å²) in [6.07, 6.45) is 3.20. The molecular weight excluding hydrogens is 282 g/mol. The van der Waals surface area contributed by atoms with Gasteiger partial charge < -0.3 is 10.6 Å². The molecule has 2 aromatic rings. The standard InChI is InChI=1S/C15H19N5S/c1-9-13(21-8-18-9)7-20(2)15-11(14(16)17)6-10-4-3-5-12(10)19-15/h6,8H,3-5,7H2,1-2H3,(H3,16,17). The van der Waals surface area contributed by atoms with E-state index in [0.717, 1.165) is 48.6 Å². The van der Waals surface area contributed by atoms with Crippen LogP contribution in [0.3, 0.4) is 0 Å². The molecule has 0 bridgehead atoms. The Morgan fingerprint density at radius 1 is 1.48 bits per heavy atom. The number of nitrogens with zero attached hydrogens (tertiary/aromatic N) is 3. The van der Waals surface area contributed by atoms with Gasteiger partial charge >= 0.3 is 0 Å². The van der Waals surface area contributed by atoms with Gasteiger partial charge in [0.15, 0.2) is 0 Å². The Bertz CT molecular complexity index is 691. The maximum Gasteiger partial charge on any atom is 0.139 e. The van der Waals surface area contributed by atoms with E-state index in [2.05, 4.69) is 9.88 Å². The van der Waals surface area contributed by atoms with Gasteiger partial charge in [-0.2, -0.15) is 0 Å². The molecule has 0 aromatic carbocycles. The first-order chi connectivity index (χ1) is 10.1. The fourth-order valence-corrected chi connectivity index (χ4v) is 3.55. The van der Waals surface area contributed by atoms with E-state index < -0.39 is 0 Å². The fraction of sp³-hybridized carbons (Fsp3) is 0.400. The van der Waals surface area contributed by atoms with Gasteiger partial charge in [0, 0.05) is 17.6 Å². The topological polar surface area (TPSA) is 78.9 Å². The fourth-order valence-electron chi connectivity index (χ4n) is 2.72. The van der Waals surface area contributed by atoms with Gasteiger partial charge in [0.2, 0.25) is 0 Å². The van der Waals surface area contributed by atoms with Crippen molar-refractivity contribution in [3.8, 4) is 0 Å². The number of thiazole rings is 1. The third-order valence-electron chi connectivity index (χ3n) is 3.91. The van der Waals surface area contributed by atoms with Gasteiger partial charge in [-0.15, -0.1) is 11.3 Å². The number of hydrogen-bond acceptors (Lipinski definition) is 5. The maximum atomic E-state index is 7.83. The quantitative estimate of drug-likeness (QED) is 0.670. The van der Waals surface area contributed by atoms with E-state index in [9.17, 15) is 0 Å². The Balaban J connectivity index is 1.96. The number of rotatable bonds is 4. The molecule has 0 atom stereocenters. The van der Waals surface area contributed by atoms with Crippen LogP contribution in [0, 0.1) is 12.3 Å². The van der Waals surface area contributed by atoms with Gasteiger partial charge in [0.1, 0.15) is 11.7 Å². The molecule has 1 aliphatic carbocycles. The molecule has 0 amide bonds. The van der Waals surface area contributed by atoms with Crippen molar-refractivity contribution in [1.82, 2.24) is 9.97 Å². The summed E-state index contributed by atoms with van der Waals surface area (Å²) in [4.78, 5) is 12.3. The van der Waals surface area contributed by atoms with Crippen molar-refractivity contribution in [1.29, 1.82) is 5.41 Å². The van der Waals surface area contributed by atoms with Crippen LogP contribution < -0.4 is 10.6 Å². The van der Waals surface area contributed by atoms with Gasteiger partial charge in [0.25, 0.3) is 0 Å². The van der Waals surface area contributed by atoms with Crippen molar-refractivity contribution in [2.45, 2.75) is 32.7 Å². The van der Waals surface area contributed by atoms with E-state index in [0.29, 0.717) is 0 Å². The molecule has 0 aliphatic heterocycles. The normalized spacial score (nSPS) is 13.2. The first-order valence-electron chi connectivity index (χ1n) is 7.03. The lowest BCUT2D eigenvalue weighted by Gasteiger charge is -2.21. The first kappa shape index (κ1) is 14.0. The van der Waals surface area contributed by atoms with Gasteiger partial charge in [-0.3, -0.25) is 5.41 Å². The first-order valence-corrected chi connectivity index (χ1v) is 7.91. The Kier molecular flexibility index (Phi) is 3.63. The van der Waals surface area contributed by atoms with Crippen LogP contribution >= 0.6 is 11.3 Å². The van der Waals surface area contributed by atoms with Crippen molar-refractivity contribution >= 4 is 23.0 Å². The third kappa shape index (κ3) is 2.63. The van der Waals surface area contributed by atoms with Crippen LogP contribution in [-0.2, 0) is 19.4 Å². The molecule has 2 aromatic heterocycles. The van der Waals surface area contributed by atoms with Gasteiger partial charge in [-0.1, -0.05) is 0 Å². The lowest BCUT2D eigenvalue weighted by atomic mass is 10.1. The molecule has 0 unspecified atom stereocenters. The summed E-state index contributed by atoms with van der Waals surface area (Å²) in [5.74, 6) is 0.885. The van der Waals surface area contributed by atoms with E-state index in [1.54, 1.807) is 11.3 Å². The molecule has 0 saturated heterocycles. The molecule has 110 valence electrons. The lowest BCUT2D eigenvalue weighted by Crippen LogP contribution is -2.24. The van der Waals surface area contributed by atoms with Gasteiger partial charge in [0.05, 0.1) is 23.3 Å². The van der Waals surface area contributed by atoms with Crippen LogP contribution in [0.2, 0.25) is 0 Å². The predicted octanol–water partition coefficient (Wildman–Crippen LogP) is 2.26. The molecule has 3 N–H and O–H groups in total. The molecule has 21 heavy (non-hydrogen) atoms. The van der Waals surface area contributed by atoms with Crippen molar-refractivity contribution in [3.63, 3.8) is 0 Å². The van der Waals surface area contributed by atoms with Crippen LogP contribution in [-0.4, -0.2) is 22.9 Å². The monoisotopic (exact) mass is 301 g/mol. The molecule has 0 spiro atoms. The second kappa shape index (κ2) is 5.44. The Labute approximate surface area is 128 Å². The van der Waals surface area contributed by atoms with Gasteiger partial charge in [-0.25, -0.2) is 9.97 Å². The molecule has 0 saturated carbocycles. The number of fused-ring (bicyclic) bond motifs is 1. The average Bonchev–Trinajstić information content (AvgIpc) is 3.06. The number of nitrogens with one attached hydrogen (secondary N) is 1. The number of nitrogens with two attached hydrogens (primary N) is 1. The number of aromatic nitrogens is 2. The minimum atomic E-state index is 0.0834. The van der Waals surface area contributed by atoms with Crippen LogP contribution in [0.15, 0.2) is 11.6 Å². The summed E-state index contributed by atoms with van der Waals surface area (Å²) >= 11 is 1.65. The summed E-state index contributed by atoms with van der Waals surface area (Å²) in [6.45, 7) is 2.75. The average molecular weight is 301 g/mol. The molecule has 0 radical (unpaired) electrons. The van der Waals surface area contributed by atoms with Crippen molar-refractivity contribution in [3.05, 3.63) is 39.0 Å². The zero-order valence-corrected chi connectivity index (χ0v) is 13.1. The number of hydrogen-bond donors (Lipinski definition) is 2. The number of nitrogen functional groups attached to an aromatic ring is 1. The van der Waals surface area contributed by atoms with Crippen molar-refractivity contribution < 1.29 is 0 Å². The zero-order valence-electron chi connectivity index (χ0n) is 12.3. The van der Waals surface area contributed by atoms with E-state index in [-0.39, 0.29) is 5.84 Å². The van der Waals surface area contributed by atoms with E-state index in [4.69, 9.17) is 16.1 Å². The van der Waals surface area contributed by atoms with Crippen LogP contribution in [0.4, 0.5) is 5.82 Å². The Morgan fingerprint density at radius 3 is 2.95 bits per heavy atom. The molecule has 3 rings (SSSR count).